The Morgan fingerprint density at radius 3 is 2.71 bits per heavy atom. The first-order valence-electron chi connectivity index (χ1n) is 5.83. The highest BCUT2D eigenvalue weighted by Crippen LogP contribution is 2.06. The van der Waals surface area contributed by atoms with Gasteiger partial charge in [0.05, 0.1) is 6.61 Å². The summed E-state index contributed by atoms with van der Waals surface area (Å²) in [6.45, 7) is 5.73. The van der Waals surface area contributed by atoms with E-state index in [0.29, 0.717) is 19.7 Å². The number of nitrogens with one attached hydrogen (secondary N) is 1. The molecule has 1 atom stereocenters. The highest BCUT2D eigenvalue weighted by atomic mass is 16.5. The van der Waals surface area contributed by atoms with Crippen molar-refractivity contribution in [2.24, 2.45) is 5.92 Å². The molecule has 0 aromatic rings. The number of nitrogens with zero attached hydrogens (tertiary/aromatic N) is 1. The number of carbonyl (C=O) groups is 2. The van der Waals surface area contributed by atoms with Crippen molar-refractivity contribution in [3.05, 3.63) is 0 Å². The summed E-state index contributed by atoms with van der Waals surface area (Å²) in [4.78, 5) is 24.1. The zero-order valence-electron chi connectivity index (χ0n) is 10.3. The van der Waals surface area contributed by atoms with Crippen LogP contribution >= 0.6 is 0 Å². The summed E-state index contributed by atoms with van der Waals surface area (Å²) in [5.74, 6) is -1.01. The highest BCUT2D eigenvalue weighted by Gasteiger charge is 2.28. The molecule has 0 aromatic carbocycles. The summed E-state index contributed by atoms with van der Waals surface area (Å²) in [6.07, 6.45) is -0.554. The number of carboxylic acids is 1. The lowest BCUT2D eigenvalue weighted by atomic mass is 10.2. The van der Waals surface area contributed by atoms with Crippen LogP contribution in [0.3, 0.4) is 0 Å². The van der Waals surface area contributed by atoms with Gasteiger partial charge >= 0.3 is 5.97 Å². The van der Waals surface area contributed by atoms with Gasteiger partial charge in [-0.15, -0.1) is 0 Å². The van der Waals surface area contributed by atoms with Gasteiger partial charge in [-0.05, 0) is 5.92 Å². The number of ether oxygens (including phenoxy) is 1. The summed E-state index contributed by atoms with van der Waals surface area (Å²) in [7, 11) is 0. The third-order valence-corrected chi connectivity index (χ3v) is 2.43. The first kappa shape index (κ1) is 13.9. The van der Waals surface area contributed by atoms with Crippen LogP contribution in [0.2, 0.25) is 0 Å². The molecule has 1 aliphatic rings. The van der Waals surface area contributed by atoms with Crippen molar-refractivity contribution in [1.29, 1.82) is 0 Å². The van der Waals surface area contributed by atoms with E-state index < -0.39 is 12.1 Å². The van der Waals surface area contributed by atoms with E-state index in [2.05, 4.69) is 5.32 Å². The molecule has 1 amide bonds. The van der Waals surface area contributed by atoms with Crippen LogP contribution in [0.4, 0.5) is 0 Å². The number of hydrogen-bond donors (Lipinski definition) is 2. The van der Waals surface area contributed by atoms with Crippen LogP contribution in [0, 0.1) is 5.92 Å². The molecule has 1 saturated heterocycles. The first-order valence-corrected chi connectivity index (χ1v) is 5.83. The van der Waals surface area contributed by atoms with Crippen molar-refractivity contribution in [2.75, 3.05) is 32.8 Å². The van der Waals surface area contributed by atoms with Crippen LogP contribution in [0.5, 0.6) is 0 Å². The molecule has 1 fully saturated rings. The lowest BCUT2D eigenvalue weighted by Gasteiger charge is -2.29. The Hall–Kier alpha value is -1.14. The molecule has 98 valence electrons. The second-order valence-corrected chi connectivity index (χ2v) is 4.57. The first-order chi connectivity index (χ1) is 8.00. The fourth-order valence-corrected chi connectivity index (χ4v) is 1.76. The number of carboxylic acid groups (broad SMARTS) is 1. The van der Waals surface area contributed by atoms with E-state index in [1.54, 1.807) is 0 Å². The molecule has 0 aliphatic carbocycles. The summed E-state index contributed by atoms with van der Waals surface area (Å²) in [5, 5.41) is 11.9. The standard InChI is InChI=1S/C11H20N2O4/c1-8(2)6-13(7-10(14)15)11(16)9-5-12-3-4-17-9/h8-9,12H,3-7H2,1-2H3,(H,14,15). The van der Waals surface area contributed by atoms with Gasteiger partial charge in [-0.25, -0.2) is 0 Å². The Labute approximate surface area is 101 Å². The maximum absolute atomic E-state index is 12.1. The van der Waals surface area contributed by atoms with Crippen LogP contribution in [-0.4, -0.2) is 60.8 Å². The Balaban J connectivity index is 2.60. The van der Waals surface area contributed by atoms with Crippen molar-refractivity contribution >= 4 is 11.9 Å². The largest absolute Gasteiger partial charge is 0.480 e. The normalized spacial score (nSPS) is 20.3. The molecule has 1 heterocycles. The van der Waals surface area contributed by atoms with E-state index in [4.69, 9.17) is 9.84 Å². The van der Waals surface area contributed by atoms with Gasteiger partial charge in [0, 0.05) is 19.6 Å². The molecule has 6 nitrogen and oxygen atoms in total. The second kappa shape index (κ2) is 6.56. The molecule has 6 heteroatoms. The Kier molecular flexibility index (Phi) is 5.37. The van der Waals surface area contributed by atoms with Crippen molar-refractivity contribution in [1.82, 2.24) is 10.2 Å². The molecule has 17 heavy (non-hydrogen) atoms. The highest BCUT2D eigenvalue weighted by molar-refractivity contribution is 5.85. The lowest BCUT2D eigenvalue weighted by Crippen LogP contribution is -2.51. The Bertz CT molecular complexity index is 275. The summed E-state index contributed by atoms with van der Waals surface area (Å²) >= 11 is 0. The summed E-state index contributed by atoms with van der Waals surface area (Å²) in [5.41, 5.74) is 0. The van der Waals surface area contributed by atoms with Crippen LogP contribution < -0.4 is 5.32 Å². The number of amides is 1. The predicted molar refractivity (Wildman–Crippen MR) is 61.7 cm³/mol. The Morgan fingerprint density at radius 1 is 1.53 bits per heavy atom. The fourth-order valence-electron chi connectivity index (χ4n) is 1.76. The van der Waals surface area contributed by atoms with Gasteiger partial charge in [0.2, 0.25) is 0 Å². The molecule has 1 unspecified atom stereocenters. The molecule has 0 spiro atoms. The van der Waals surface area contributed by atoms with Crippen molar-refractivity contribution in [2.45, 2.75) is 20.0 Å². The quantitative estimate of drug-likeness (QED) is 0.684. The van der Waals surface area contributed by atoms with Crippen LogP contribution in [0.15, 0.2) is 0 Å². The molecule has 0 bridgehead atoms. The summed E-state index contributed by atoms with van der Waals surface area (Å²) in [6, 6.07) is 0. The predicted octanol–water partition coefficient (Wildman–Crippen LogP) is -0.456. The van der Waals surface area contributed by atoms with E-state index in [9.17, 15) is 9.59 Å². The van der Waals surface area contributed by atoms with E-state index in [0.717, 1.165) is 6.54 Å². The molecule has 0 radical (unpaired) electrons. The number of aliphatic carboxylic acids is 1. The van der Waals surface area contributed by atoms with Gasteiger partial charge < -0.3 is 20.1 Å². The lowest BCUT2D eigenvalue weighted by molar-refractivity contribution is -0.152. The Morgan fingerprint density at radius 2 is 2.24 bits per heavy atom. The van der Waals surface area contributed by atoms with E-state index in [-0.39, 0.29) is 18.4 Å². The monoisotopic (exact) mass is 244 g/mol. The number of carbonyl (C=O) groups excluding carboxylic acids is 1. The average Bonchev–Trinajstić information content (AvgIpc) is 2.27. The van der Waals surface area contributed by atoms with Crippen LogP contribution in [0.1, 0.15) is 13.8 Å². The maximum atomic E-state index is 12.1. The second-order valence-electron chi connectivity index (χ2n) is 4.57. The minimum absolute atomic E-state index is 0.231. The maximum Gasteiger partial charge on any atom is 0.323 e. The number of hydrogen-bond acceptors (Lipinski definition) is 4. The fraction of sp³-hybridized carbons (Fsp3) is 0.818. The SMILES string of the molecule is CC(C)CN(CC(=O)O)C(=O)C1CNCCO1. The topological polar surface area (TPSA) is 78.9 Å². The zero-order chi connectivity index (χ0) is 12.8. The summed E-state index contributed by atoms with van der Waals surface area (Å²) < 4.78 is 5.34. The molecule has 1 aliphatic heterocycles. The van der Waals surface area contributed by atoms with E-state index in [1.165, 1.54) is 4.90 Å². The van der Waals surface area contributed by atoms with Gasteiger partial charge in [0.15, 0.2) is 0 Å². The van der Waals surface area contributed by atoms with E-state index >= 15 is 0 Å². The van der Waals surface area contributed by atoms with E-state index in [1.807, 2.05) is 13.8 Å². The molecule has 2 N–H and O–H groups in total. The molecule has 1 rings (SSSR count). The van der Waals surface area contributed by atoms with Crippen molar-refractivity contribution in [3.63, 3.8) is 0 Å². The van der Waals surface area contributed by atoms with Gasteiger partial charge in [0.25, 0.3) is 5.91 Å². The van der Waals surface area contributed by atoms with Gasteiger partial charge in [-0.1, -0.05) is 13.8 Å². The number of morpholine rings is 1. The molecule has 0 saturated carbocycles. The molecular weight excluding hydrogens is 224 g/mol. The third kappa shape index (κ3) is 4.70. The van der Waals surface area contributed by atoms with Crippen molar-refractivity contribution < 1.29 is 19.4 Å². The minimum atomic E-state index is -0.997. The van der Waals surface area contributed by atoms with Gasteiger partial charge in [-0.3, -0.25) is 9.59 Å². The molecule has 0 aromatic heterocycles. The van der Waals surface area contributed by atoms with Crippen molar-refractivity contribution in [3.8, 4) is 0 Å². The van der Waals surface area contributed by atoms with Gasteiger partial charge in [0.1, 0.15) is 12.6 Å². The number of rotatable bonds is 5. The zero-order valence-corrected chi connectivity index (χ0v) is 10.3. The smallest absolute Gasteiger partial charge is 0.323 e. The third-order valence-electron chi connectivity index (χ3n) is 2.43. The minimum Gasteiger partial charge on any atom is -0.480 e. The van der Waals surface area contributed by atoms with Crippen LogP contribution in [-0.2, 0) is 14.3 Å². The average molecular weight is 244 g/mol. The van der Waals surface area contributed by atoms with Gasteiger partial charge in [-0.2, -0.15) is 0 Å². The van der Waals surface area contributed by atoms with Crippen LogP contribution in [0.25, 0.3) is 0 Å². The molecular formula is C11H20N2O4.